The number of amides is 1. The number of carboxylic acids is 1. The first-order valence-electron chi connectivity index (χ1n) is 6.79. The number of benzene rings is 2. The Hall–Kier alpha value is -2.13. The third-order valence-corrected chi connectivity index (χ3v) is 4.90. The van der Waals surface area contributed by atoms with Crippen LogP contribution in [0.25, 0.3) is 21.5 Å². The van der Waals surface area contributed by atoms with E-state index in [1.54, 1.807) is 6.07 Å². The lowest BCUT2D eigenvalue weighted by atomic mass is 10.0. The summed E-state index contributed by atoms with van der Waals surface area (Å²) in [5, 5.41) is 24.2. The van der Waals surface area contributed by atoms with Gasteiger partial charge in [-0.1, -0.05) is 35.9 Å². The van der Waals surface area contributed by atoms with Crippen molar-refractivity contribution in [3.63, 3.8) is 0 Å². The minimum atomic E-state index is -1.20. The molecule has 1 heterocycles. The van der Waals surface area contributed by atoms with E-state index >= 15 is 0 Å². The summed E-state index contributed by atoms with van der Waals surface area (Å²) in [6.45, 7) is -0.579. The quantitative estimate of drug-likeness (QED) is 0.319. The Morgan fingerprint density at radius 2 is 1.96 bits per heavy atom. The molecule has 0 saturated carbocycles. The first-order chi connectivity index (χ1) is 11.4. The zero-order valence-electron chi connectivity index (χ0n) is 12.0. The average Bonchev–Trinajstić information content (AvgIpc) is 2.56. The molecule has 0 saturated heterocycles. The second kappa shape index (κ2) is 6.40. The number of carbonyl (C=O) groups excluding carboxylic acids is 1. The summed E-state index contributed by atoms with van der Waals surface area (Å²) < 4.78 is 0.731. The van der Waals surface area contributed by atoms with Gasteiger partial charge in [0.05, 0.1) is 0 Å². The maximum atomic E-state index is 12.1. The van der Waals surface area contributed by atoms with Gasteiger partial charge in [0, 0.05) is 14.3 Å². The van der Waals surface area contributed by atoms with E-state index < -0.39 is 18.4 Å². The topological polar surface area (TPSA) is 99.5 Å². The molecule has 0 bridgehead atoms. The van der Waals surface area contributed by atoms with Crippen molar-refractivity contribution in [2.75, 3.05) is 6.54 Å². The fourth-order valence-electron chi connectivity index (χ4n) is 2.43. The largest absolute Gasteiger partial charge is 0.505 e. The Labute approximate surface area is 154 Å². The Bertz CT molecular complexity index is 1010. The van der Waals surface area contributed by atoms with Crippen molar-refractivity contribution in [2.24, 2.45) is 0 Å². The molecule has 6 nitrogen and oxygen atoms in total. The second-order valence-corrected chi connectivity index (χ2v) is 6.45. The molecule has 0 aliphatic carbocycles. The summed E-state index contributed by atoms with van der Waals surface area (Å²) in [7, 11) is 0. The van der Waals surface area contributed by atoms with Crippen molar-refractivity contribution in [3.8, 4) is 5.75 Å². The molecule has 8 heteroatoms. The van der Waals surface area contributed by atoms with Crippen LogP contribution in [-0.4, -0.2) is 33.6 Å². The van der Waals surface area contributed by atoms with Crippen LogP contribution in [0.15, 0.2) is 30.3 Å². The van der Waals surface area contributed by atoms with Gasteiger partial charge in [0.25, 0.3) is 5.91 Å². The summed E-state index contributed by atoms with van der Waals surface area (Å²) >= 11 is 8.27. The highest BCUT2D eigenvalue weighted by atomic mass is 127. The molecular weight excluding hydrogens is 447 g/mol. The van der Waals surface area contributed by atoms with Gasteiger partial charge in [0.1, 0.15) is 11.7 Å². The van der Waals surface area contributed by atoms with E-state index in [9.17, 15) is 14.7 Å². The van der Waals surface area contributed by atoms with Gasteiger partial charge < -0.3 is 15.5 Å². The van der Waals surface area contributed by atoms with Gasteiger partial charge in [-0.05, 0) is 39.4 Å². The van der Waals surface area contributed by atoms with E-state index in [1.807, 2.05) is 24.3 Å². The second-order valence-electron chi connectivity index (χ2n) is 5.01. The van der Waals surface area contributed by atoms with Gasteiger partial charge in [-0.25, -0.2) is 4.98 Å². The molecule has 1 aromatic heterocycles. The van der Waals surface area contributed by atoms with E-state index in [4.69, 9.17) is 16.7 Å². The predicted octanol–water partition coefficient (Wildman–Crippen LogP) is 3.17. The number of aromatic nitrogens is 1. The molecule has 1 amide bonds. The number of hydrogen-bond acceptors (Lipinski definition) is 4. The lowest BCUT2D eigenvalue weighted by Gasteiger charge is -2.12. The maximum Gasteiger partial charge on any atom is 0.322 e. The van der Waals surface area contributed by atoms with Crippen molar-refractivity contribution < 1.29 is 19.8 Å². The van der Waals surface area contributed by atoms with Crippen LogP contribution < -0.4 is 5.32 Å². The number of carboxylic acid groups (broad SMARTS) is 1. The molecule has 0 unspecified atom stereocenters. The van der Waals surface area contributed by atoms with Crippen LogP contribution in [0.2, 0.25) is 5.15 Å². The Morgan fingerprint density at radius 1 is 1.25 bits per heavy atom. The number of aliphatic carboxylic acids is 1. The fraction of sp³-hybridized carbons (Fsp3) is 0.0625. The van der Waals surface area contributed by atoms with Gasteiger partial charge in [-0.3, -0.25) is 9.59 Å². The van der Waals surface area contributed by atoms with Crippen LogP contribution in [0, 0.1) is 3.57 Å². The number of nitrogens with zero attached hydrogens (tertiary/aromatic N) is 1. The number of nitrogens with one attached hydrogen (secondary N) is 1. The van der Waals surface area contributed by atoms with Gasteiger partial charge in [-0.2, -0.15) is 0 Å². The molecule has 24 heavy (non-hydrogen) atoms. The molecule has 3 aromatic rings. The Balaban J connectivity index is 2.26. The van der Waals surface area contributed by atoms with Gasteiger partial charge >= 0.3 is 5.97 Å². The van der Waals surface area contributed by atoms with E-state index in [0.29, 0.717) is 10.8 Å². The molecule has 0 aliphatic rings. The number of rotatable bonds is 3. The first-order valence-corrected chi connectivity index (χ1v) is 8.25. The van der Waals surface area contributed by atoms with Crippen LogP contribution in [0.4, 0.5) is 0 Å². The standard InChI is InChI=1S/C16H10ClIN2O4/c17-15-9-5-7-3-1-2-4-8(7)12(18)11(9)14(23)13(20-15)16(24)19-6-10(21)22/h1-5,23H,6H2,(H,19,24)(H,21,22). The number of pyridine rings is 1. The van der Waals surface area contributed by atoms with Gasteiger partial charge in [0.2, 0.25) is 0 Å². The molecule has 0 spiro atoms. The summed E-state index contributed by atoms with van der Waals surface area (Å²) in [4.78, 5) is 26.6. The number of fused-ring (bicyclic) bond motifs is 2. The number of carbonyl (C=O) groups is 2. The van der Waals surface area contributed by atoms with E-state index in [1.165, 1.54) is 0 Å². The Kier molecular flexibility index (Phi) is 4.46. The summed E-state index contributed by atoms with van der Waals surface area (Å²) in [6.07, 6.45) is 0. The van der Waals surface area contributed by atoms with Gasteiger partial charge in [0.15, 0.2) is 11.4 Å². The number of aromatic hydroxyl groups is 1. The molecule has 0 atom stereocenters. The highest BCUT2D eigenvalue weighted by Crippen LogP contribution is 2.39. The Morgan fingerprint density at radius 3 is 2.67 bits per heavy atom. The highest BCUT2D eigenvalue weighted by Gasteiger charge is 2.21. The van der Waals surface area contributed by atoms with Crippen molar-refractivity contribution in [1.82, 2.24) is 10.3 Å². The molecule has 0 aliphatic heterocycles. The van der Waals surface area contributed by atoms with E-state index in [2.05, 4.69) is 32.9 Å². The summed E-state index contributed by atoms with van der Waals surface area (Å²) in [5.74, 6) is -2.33. The summed E-state index contributed by atoms with van der Waals surface area (Å²) in [5.41, 5.74) is -0.304. The van der Waals surface area contributed by atoms with Crippen molar-refractivity contribution in [3.05, 3.63) is 44.7 Å². The predicted molar refractivity (Wildman–Crippen MR) is 98.6 cm³/mol. The van der Waals surface area contributed by atoms with E-state index in [0.717, 1.165) is 14.3 Å². The molecule has 122 valence electrons. The number of hydrogen-bond donors (Lipinski definition) is 3. The minimum Gasteiger partial charge on any atom is -0.505 e. The zero-order valence-corrected chi connectivity index (χ0v) is 14.9. The van der Waals surface area contributed by atoms with Crippen LogP contribution in [0.3, 0.4) is 0 Å². The molecule has 2 aromatic carbocycles. The van der Waals surface area contributed by atoms with Crippen molar-refractivity contribution in [2.45, 2.75) is 0 Å². The third kappa shape index (κ3) is 2.84. The van der Waals surface area contributed by atoms with Crippen LogP contribution in [-0.2, 0) is 4.79 Å². The minimum absolute atomic E-state index is 0.0620. The SMILES string of the molecule is O=C(O)CNC(=O)c1nc(Cl)c2cc3ccccc3c(I)c2c1O. The lowest BCUT2D eigenvalue weighted by molar-refractivity contribution is -0.135. The van der Waals surface area contributed by atoms with Crippen LogP contribution in [0.5, 0.6) is 5.75 Å². The van der Waals surface area contributed by atoms with Gasteiger partial charge in [-0.15, -0.1) is 0 Å². The summed E-state index contributed by atoms with van der Waals surface area (Å²) in [6, 6.07) is 9.36. The molecule has 3 N–H and O–H groups in total. The molecule has 3 rings (SSSR count). The smallest absolute Gasteiger partial charge is 0.322 e. The molecular formula is C16H10ClIN2O4. The maximum absolute atomic E-state index is 12.1. The normalized spacial score (nSPS) is 10.9. The first kappa shape index (κ1) is 16.7. The lowest BCUT2D eigenvalue weighted by Crippen LogP contribution is -2.30. The van der Waals surface area contributed by atoms with Crippen molar-refractivity contribution >= 4 is 67.6 Å². The third-order valence-electron chi connectivity index (χ3n) is 3.49. The zero-order chi connectivity index (χ0) is 17.4. The van der Waals surface area contributed by atoms with Crippen molar-refractivity contribution in [1.29, 1.82) is 0 Å². The van der Waals surface area contributed by atoms with E-state index in [-0.39, 0.29) is 16.6 Å². The van der Waals surface area contributed by atoms with Crippen LogP contribution in [0.1, 0.15) is 10.5 Å². The monoisotopic (exact) mass is 456 g/mol. The fourth-order valence-corrected chi connectivity index (χ4v) is 3.70. The van der Waals surface area contributed by atoms with Crippen LogP contribution >= 0.6 is 34.2 Å². The highest BCUT2D eigenvalue weighted by molar-refractivity contribution is 14.1. The molecule has 0 radical (unpaired) electrons. The molecule has 0 fully saturated rings. The number of halogens is 2. The average molecular weight is 457 g/mol.